The number of hydrogen-bond acceptors (Lipinski definition) is 6. The fourth-order valence-corrected chi connectivity index (χ4v) is 6.76. The first-order valence-corrected chi connectivity index (χ1v) is 17.4. The van der Waals surface area contributed by atoms with Crippen LogP contribution in [0, 0.1) is 11.8 Å². The maximum atomic E-state index is 12.9. The monoisotopic (exact) mass is 672 g/mol. The molecule has 2 N–H and O–H groups in total. The van der Waals surface area contributed by atoms with Crippen LogP contribution >= 0.6 is 0 Å². The quantitative estimate of drug-likeness (QED) is 0.185. The van der Waals surface area contributed by atoms with E-state index in [1.54, 1.807) is 16.0 Å². The van der Waals surface area contributed by atoms with Gasteiger partial charge < -0.3 is 19.4 Å². The van der Waals surface area contributed by atoms with Crippen molar-refractivity contribution in [3.8, 4) is 23.0 Å². The number of aromatic nitrogens is 4. The Morgan fingerprint density at radius 2 is 1.34 bits per heavy atom. The molecule has 2 aliphatic rings. The molecule has 0 radical (unpaired) electrons. The summed E-state index contributed by atoms with van der Waals surface area (Å²) in [5.41, 5.74) is 4.50. The number of nitrogens with one attached hydrogen (secondary N) is 2. The predicted molar refractivity (Wildman–Crippen MR) is 193 cm³/mol. The van der Waals surface area contributed by atoms with Crippen molar-refractivity contribution >= 4 is 34.0 Å². The molecule has 4 heterocycles. The Balaban J connectivity index is 1.05. The molecule has 0 spiro atoms. The Morgan fingerprint density at radius 3 is 2.02 bits per heavy atom. The van der Waals surface area contributed by atoms with E-state index in [-0.39, 0.29) is 24.3 Å². The van der Waals surface area contributed by atoms with Gasteiger partial charge in [0.25, 0.3) is 0 Å². The smallest absolute Gasteiger partial charge is 0.410 e. The van der Waals surface area contributed by atoms with Gasteiger partial charge in [0.15, 0.2) is 0 Å². The van der Waals surface area contributed by atoms with E-state index >= 15 is 0 Å². The van der Waals surface area contributed by atoms with Crippen LogP contribution in [0.3, 0.4) is 0 Å². The molecule has 5 aromatic rings. The van der Waals surface area contributed by atoms with Crippen molar-refractivity contribution in [1.82, 2.24) is 29.7 Å². The van der Waals surface area contributed by atoms with Crippen LogP contribution in [0.4, 0.5) is 9.59 Å². The summed E-state index contributed by atoms with van der Waals surface area (Å²) in [6.07, 6.45) is 4.61. The third-order valence-corrected chi connectivity index (χ3v) is 9.00. The fourth-order valence-electron chi connectivity index (χ4n) is 6.76. The highest BCUT2D eigenvalue weighted by Gasteiger charge is 2.36. The second kappa shape index (κ2) is 12.9. The summed E-state index contributed by atoms with van der Waals surface area (Å²) in [6, 6.07) is 18.6. The van der Waals surface area contributed by atoms with Crippen molar-refractivity contribution < 1.29 is 19.1 Å². The second-order valence-corrected chi connectivity index (χ2v) is 15.2. The number of imidazole rings is 2. The highest BCUT2D eigenvalue weighted by atomic mass is 16.6. The Labute approximate surface area is 292 Å². The van der Waals surface area contributed by atoms with Gasteiger partial charge in [-0.05, 0) is 125 Å². The molecular weight excluding hydrogens is 628 g/mol. The summed E-state index contributed by atoms with van der Waals surface area (Å²) in [6.45, 7) is 12.6. The number of H-pyrrole nitrogens is 2. The minimum atomic E-state index is -0.547. The third-order valence-electron chi connectivity index (χ3n) is 9.00. The third kappa shape index (κ3) is 7.18. The standard InChI is InChI=1S/C40H44N6O4/c1-39(2,3)49-37(47)45-19-7-9-33(45)35-41-24-30(42-35)17-12-25-11-13-27-22-28(15-14-26(27)21-25)29-16-18-31-32(23-29)44-36(43-31)34-10-8-20-46(34)38(48)50-40(4,5)6/h11,13-16,18,21-24,33-34H,7-10,19-20H2,1-6H3,(H,41,42)(H,43,44). The van der Waals surface area contributed by atoms with E-state index in [1.165, 1.54) is 0 Å². The van der Waals surface area contributed by atoms with Crippen molar-refractivity contribution in [3.05, 3.63) is 83.7 Å². The number of benzene rings is 3. The predicted octanol–water partition coefficient (Wildman–Crippen LogP) is 8.65. The molecule has 2 unspecified atom stereocenters. The fraction of sp³-hybridized carbons (Fsp3) is 0.400. The molecule has 10 nitrogen and oxygen atoms in total. The largest absolute Gasteiger partial charge is 0.444 e. The Bertz CT molecular complexity index is 2140. The number of aromatic amines is 2. The van der Waals surface area contributed by atoms with E-state index in [4.69, 9.17) is 14.5 Å². The van der Waals surface area contributed by atoms with E-state index < -0.39 is 11.2 Å². The van der Waals surface area contributed by atoms with Crippen LogP contribution < -0.4 is 0 Å². The topological polar surface area (TPSA) is 116 Å². The molecular formula is C40H44N6O4. The maximum absolute atomic E-state index is 12.9. The maximum Gasteiger partial charge on any atom is 0.410 e. The summed E-state index contributed by atoms with van der Waals surface area (Å²) in [5, 5.41) is 2.21. The van der Waals surface area contributed by atoms with Crippen molar-refractivity contribution in [3.63, 3.8) is 0 Å². The minimum Gasteiger partial charge on any atom is -0.444 e. The number of rotatable bonds is 3. The first-order chi connectivity index (χ1) is 23.8. The van der Waals surface area contributed by atoms with Gasteiger partial charge >= 0.3 is 12.2 Å². The van der Waals surface area contributed by atoms with Gasteiger partial charge in [-0.25, -0.2) is 19.6 Å². The van der Waals surface area contributed by atoms with Crippen molar-refractivity contribution in [2.45, 2.75) is 90.5 Å². The molecule has 2 atom stereocenters. The lowest BCUT2D eigenvalue weighted by Crippen LogP contribution is -2.36. The zero-order valence-electron chi connectivity index (χ0n) is 29.6. The normalized spacial score (nSPS) is 18.0. The van der Waals surface area contributed by atoms with E-state index in [9.17, 15) is 9.59 Å². The first-order valence-electron chi connectivity index (χ1n) is 17.4. The SMILES string of the molecule is CC(C)(C)OC(=O)N1CCCC1c1ncc(C#Cc2ccc3cc(-c4ccc5nc(C6CCCN6C(=O)OC(C)(C)C)[nH]c5c4)ccc3c2)[nH]1. The number of amides is 2. The number of likely N-dealkylation sites (tertiary alicyclic amines) is 2. The Morgan fingerprint density at radius 1 is 0.740 bits per heavy atom. The lowest BCUT2D eigenvalue weighted by atomic mass is 9.99. The van der Waals surface area contributed by atoms with E-state index in [0.717, 1.165) is 75.8 Å². The molecule has 0 aliphatic carbocycles. The van der Waals surface area contributed by atoms with Gasteiger partial charge in [0, 0.05) is 18.7 Å². The van der Waals surface area contributed by atoms with E-state index in [1.807, 2.05) is 53.7 Å². The van der Waals surface area contributed by atoms with Gasteiger partial charge in [-0.2, -0.15) is 0 Å². The summed E-state index contributed by atoms with van der Waals surface area (Å²) in [7, 11) is 0. The summed E-state index contributed by atoms with van der Waals surface area (Å²) >= 11 is 0. The molecule has 50 heavy (non-hydrogen) atoms. The van der Waals surface area contributed by atoms with Crippen molar-refractivity contribution in [1.29, 1.82) is 0 Å². The molecule has 2 amide bonds. The second-order valence-electron chi connectivity index (χ2n) is 15.2. The van der Waals surface area contributed by atoms with Gasteiger partial charge in [0.05, 0.1) is 29.3 Å². The van der Waals surface area contributed by atoms with Crippen LogP contribution in [-0.4, -0.2) is 66.2 Å². The van der Waals surface area contributed by atoms with Crippen molar-refractivity contribution in [2.75, 3.05) is 13.1 Å². The average molecular weight is 673 g/mol. The van der Waals surface area contributed by atoms with Gasteiger partial charge in [0.2, 0.25) is 0 Å². The first kappa shape index (κ1) is 33.2. The molecule has 2 fully saturated rings. The molecule has 7 rings (SSSR count). The van der Waals surface area contributed by atoms with E-state index in [0.29, 0.717) is 18.8 Å². The number of fused-ring (bicyclic) bond motifs is 2. The molecule has 0 saturated carbocycles. The number of hydrogen-bond donors (Lipinski definition) is 2. The highest BCUT2D eigenvalue weighted by molar-refractivity contribution is 5.90. The lowest BCUT2D eigenvalue weighted by Gasteiger charge is -2.27. The molecule has 2 aromatic heterocycles. The summed E-state index contributed by atoms with van der Waals surface area (Å²) in [4.78, 5) is 45.4. The van der Waals surface area contributed by atoms with Crippen LogP contribution in [0.25, 0.3) is 32.9 Å². The number of carbonyl (C=O) groups is 2. The van der Waals surface area contributed by atoms with Gasteiger partial charge in [-0.3, -0.25) is 9.80 Å². The number of carbonyl (C=O) groups excluding carboxylic acids is 2. The lowest BCUT2D eigenvalue weighted by molar-refractivity contribution is 0.0208. The zero-order chi connectivity index (χ0) is 35.2. The average Bonchev–Trinajstić information content (AvgIpc) is 3.87. The van der Waals surface area contributed by atoms with Crippen LogP contribution in [0.15, 0.2) is 60.8 Å². The summed E-state index contributed by atoms with van der Waals surface area (Å²) < 4.78 is 11.3. The van der Waals surface area contributed by atoms with Crippen molar-refractivity contribution in [2.24, 2.45) is 0 Å². The minimum absolute atomic E-state index is 0.129. The Hall–Kier alpha value is -5.30. The van der Waals surface area contributed by atoms with Crippen LogP contribution in [0.2, 0.25) is 0 Å². The summed E-state index contributed by atoms with van der Waals surface area (Å²) in [5.74, 6) is 7.99. The van der Waals surface area contributed by atoms with Crippen LogP contribution in [-0.2, 0) is 9.47 Å². The van der Waals surface area contributed by atoms with E-state index in [2.05, 4.69) is 69.3 Å². The van der Waals surface area contributed by atoms with Gasteiger partial charge in [-0.1, -0.05) is 30.2 Å². The van der Waals surface area contributed by atoms with Gasteiger partial charge in [-0.15, -0.1) is 0 Å². The number of ether oxygens (including phenoxy) is 2. The molecule has 3 aromatic carbocycles. The van der Waals surface area contributed by atoms with Crippen LogP contribution in [0.1, 0.15) is 102 Å². The van der Waals surface area contributed by atoms with Gasteiger partial charge in [0.1, 0.15) is 28.5 Å². The molecule has 2 aliphatic heterocycles. The molecule has 2 saturated heterocycles. The Kier molecular flexibility index (Phi) is 8.54. The molecule has 258 valence electrons. The van der Waals surface area contributed by atoms with Crippen LogP contribution in [0.5, 0.6) is 0 Å². The zero-order valence-corrected chi connectivity index (χ0v) is 29.6. The highest BCUT2D eigenvalue weighted by Crippen LogP contribution is 2.35. The molecule has 10 heteroatoms. The number of nitrogens with zero attached hydrogens (tertiary/aromatic N) is 4. The molecule has 0 bridgehead atoms.